The van der Waals surface area contributed by atoms with Crippen molar-refractivity contribution in [2.24, 2.45) is 11.7 Å². The maximum Gasteiger partial charge on any atom is 0.227 e. The summed E-state index contributed by atoms with van der Waals surface area (Å²) in [5.41, 5.74) is 5.59. The van der Waals surface area contributed by atoms with Crippen molar-refractivity contribution in [1.29, 1.82) is 0 Å². The smallest absolute Gasteiger partial charge is 0.227 e. The van der Waals surface area contributed by atoms with Crippen LogP contribution in [0.4, 0.5) is 0 Å². The van der Waals surface area contributed by atoms with Crippen LogP contribution in [0.15, 0.2) is 0 Å². The summed E-state index contributed by atoms with van der Waals surface area (Å²) in [5, 5.41) is 0. The average molecular weight is 241 g/mol. The first-order valence-electron chi connectivity index (χ1n) is 6.34. The Hall–Kier alpha value is -1.10. The van der Waals surface area contributed by atoms with Crippen LogP contribution < -0.4 is 5.73 Å². The number of hydrogen-bond donors (Lipinski definition) is 1. The minimum absolute atomic E-state index is 0.0705. The number of nitrogens with zero attached hydrogens (tertiary/aromatic N) is 2. The Bertz CT molecular complexity index is 277. The molecule has 5 heteroatoms. The molecule has 0 saturated carbocycles. The fourth-order valence-corrected chi connectivity index (χ4v) is 2.15. The van der Waals surface area contributed by atoms with Gasteiger partial charge in [-0.05, 0) is 12.8 Å². The number of hydrogen-bond acceptors (Lipinski definition) is 3. The van der Waals surface area contributed by atoms with E-state index in [0.717, 1.165) is 25.9 Å². The molecular formula is C12H23N3O2. The molecule has 0 aromatic rings. The van der Waals surface area contributed by atoms with Gasteiger partial charge in [0.2, 0.25) is 11.8 Å². The Morgan fingerprint density at radius 2 is 1.76 bits per heavy atom. The molecular weight excluding hydrogens is 218 g/mol. The van der Waals surface area contributed by atoms with Gasteiger partial charge in [0, 0.05) is 39.6 Å². The SMILES string of the molecule is CCC(CN)C(=O)N1CCCN(C(C)=O)CC1. The van der Waals surface area contributed by atoms with Crippen LogP contribution in [0, 0.1) is 5.92 Å². The molecule has 0 aromatic carbocycles. The topological polar surface area (TPSA) is 66.6 Å². The van der Waals surface area contributed by atoms with Crippen molar-refractivity contribution in [3.8, 4) is 0 Å². The van der Waals surface area contributed by atoms with Crippen LogP contribution >= 0.6 is 0 Å². The lowest BCUT2D eigenvalue weighted by molar-refractivity contribution is -0.136. The van der Waals surface area contributed by atoms with Crippen molar-refractivity contribution in [3.05, 3.63) is 0 Å². The van der Waals surface area contributed by atoms with Crippen LogP contribution in [0.1, 0.15) is 26.7 Å². The summed E-state index contributed by atoms with van der Waals surface area (Å²) >= 11 is 0. The van der Waals surface area contributed by atoms with E-state index in [1.54, 1.807) is 11.8 Å². The van der Waals surface area contributed by atoms with Crippen LogP contribution in [0.2, 0.25) is 0 Å². The number of carbonyl (C=O) groups is 2. The third-order valence-electron chi connectivity index (χ3n) is 3.38. The van der Waals surface area contributed by atoms with Gasteiger partial charge in [-0.2, -0.15) is 0 Å². The first-order chi connectivity index (χ1) is 8.10. The highest BCUT2D eigenvalue weighted by Gasteiger charge is 2.24. The molecule has 2 N–H and O–H groups in total. The second-order valence-corrected chi connectivity index (χ2v) is 4.53. The Balaban J connectivity index is 2.56. The van der Waals surface area contributed by atoms with Gasteiger partial charge in [0.05, 0.1) is 5.92 Å². The summed E-state index contributed by atoms with van der Waals surface area (Å²) < 4.78 is 0. The quantitative estimate of drug-likeness (QED) is 0.759. The largest absolute Gasteiger partial charge is 0.341 e. The predicted molar refractivity (Wildman–Crippen MR) is 66.3 cm³/mol. The monoisotopic (exact) mass is 241 g/mol. The normalized spacial score (nSPS) is 18.8. The van der Waals surface area contributed by atoms with Crippen LogP contribution in [-0.4, -0.2) is 54.3 Å². The highest BCUT2D eigenvalue weighted by molar-refractivity contribution is 5.79. The zero-order valence-electron chi connectivity index (χ0n) is 10.8. The van der Waals surface area contributed by atoms with Crippen LogP contribution in [-0.2, 0) is 9.59 Å². The van der Waals surface area contributed by atoms with Crippen molar-refractivity contribution in [3.63, 3.8) is 0 Å². The molecule has 0 aliphatic carbocycles. The lowest BCUT2D eigenvalue weighted by Crippen LogP contribution is -2.41. The zero-order chi connectivity index (χ0) is 12.8. The van der Waals surface area contributed by atoms with Crippen LogP contribution in [0.3, 0.4) is 0 Å². The zero-order valence-corrected chi connectivity index (χ0v) is 10.8. The summed E-state index contributed by atoms with van der Waals surface area (Å²) in [7, 11) is 0. The first kappa shape index (κ1) is 14.0. The number of amides is 2. The van der Waals surface area contributed by atoms with Gasteiger partial charge in [-0.1, -0.05) is 6.92 Å². The van der Waals surface area contributed by atoms with Gasteiger partial charge in [-0.3, -0.25) is 9.59 Å². The third kappa shape index (κ3) is 3.70. The molecule has 1 unspecified atom stereocenters. The second kappa shape index (κ2) is 6.59. The lowest BCUT2D eigenvalue weighted by atomic mass is 10.1. The molecule has 1 fully saturated rings. The van der Waals surface area contributed by atoms with Crippen LogP contribution in [0.25, 0.3) is 0 Å². The Morgan fingerprint density at radius 3 is 2.29 bits per heavy atom. The standard InChI is InChI=1S/C12H23N3O2/c1-3-11(9-13)12(17)15-6-4-5-14(7-8-15)10(2)16/h11H,3-9,13H2,1-2H3. The van der Waals surface area contributed by atoms with Crippen molar-refractivity contribution in [2.45, 2.75) is 26.7 Å². The molecule has 0 bridgehead atoms. The predicted octanol–water partition coefficient (Wildman–Crippen LogP) is 0.0521. The molecule has 0 radical (unpaired) electrons. The maximum absolute atomic E-state index is 12.1. The summed E-state index contributed by atoms with van der Waals surface area (Å²) in [5.74, 6) is 0.157. The van der Waals surface area contributed by atoms with E-state index in [-0.39, 0.29) is 17.7 Å². The number of rotatable bonds is 3. The number of nitrogens with two attached hydrogens (primary N) is 1. The second-order valence-electron chi connectivity index (χ2n) is 4.53. The minimum atomic E-state index is -0.0705. The molecule has 2 amide bonds. The summed E-state index contributed by atoms with van der Waals surface area (Å²) in [6, 6.07) is 0. The maximum atomic E-state index is 12.1. The third-order valence-corrected chi connectivity index (χ3v) is 3.38. The van der Waals surface area contributed by atoms with E-state index >= 15 is 0 Å². The van der Waals surface area contributed by atoms with Crippen molar-refractivity contribution < 1.29 is 9.59 Å². The fraction of sp³-hybridized carbons (Fsp3) is 0.833. The lowest BCUT2D eigenvalue weighted by Gasteiger charge is -2.25. The molecule has 98 valence electrons. The molecule has 1 atom stereocenters. The van der Waals surface area contributed by atoms with Gasteiger partial charge in [0.25, 0.3) is 0 Å². The van der Waals surface area contributed by atoms with E-state index in [1.807, 2.05) is 11.8 Å². The summed E-state index contributed by atoms with van der Waals surface area (Å²) in [6.45, 7) is 6.72. The molecule has 1 aliphatic heterocycles. The highest BCUT2D eigenvalue weighted by Crippen LogP contribution is 2.10. The Kier molecular flexibility index (Phi) is 5.41. The van der Waals surface area contributed by atoms with Gasteiger partial charge < -0.3 is 15.5 Å². The molecule has 0 spiro atoms. The van der Waals surface area contributed by atoms with E-state index in [4.69, 9.17) is 5.73 Å². The Labute approximate surface area is 103 Å². The first-order valence-corrected chi connectivity index (χ1v) is 6.34. The van der Waals surface area contributed by atoms with Gasteiger partial charge >= 0.3 is 0 Å². The minimum Gasteiger partial charge on any atom is -0.341 e. The summed E-state index contributed by atoms with van der Waals surface area (Å²) in [4.78, 5) is 27.1. The molecule has 0 aromatic heterocycles. The van der Waals surface area contributed by atoms with Gasteiger partial charge in [-0.25, -0.2) is 0 Å². The van der Waals surface area contributed by atoms with E-state index < -0.39 is 0 Å². The average Bonchev–Trinajstić information content (AvgIpc) is 2.55. The van der Waals surface area contributed by atoms with Crippen molar-refractivity contribution in [1.82, 2.24) is 9.80 Å². The fourth-order valence-electron chi connectivity index (χ4n) is 2.15. The van der Waals surface area contributed by atoms with E-state index in [0.29, 0.717) is 19.6 Å². The van der Waals surface area contributed by atoms with Crippen molar-refractivity contribution in [2.75, 3.05) is 32.7 Å². The molecule has 1 saturated heterocycles. The molecule has 5 nitrogen and oxygen atoms in total. The van der Waals surface area contributed by atoms with E-state index in [1.165, 1.54) is 0 Å². The van der Waals surface area contributed by atoms with E-state index in [9.17, 15) is 9.59 Å². The van der Waals surface area contributed by atoms with E-state index in [2.05, 4.69) is 0 Å². The van der Waals surface area contributed by atoms with Crippen LogP contribution in [0.5, 0.6) is 0 Å². The van der Waals surface area contributed by atoms with Gasteiger partial charge in [0.1, 0.15) is 0 Å². The molecule has 1 rings (SSSR count). The van der Waals surface area contributed by atoms with Crippen molar-refractivity contribution >= 4 is 11.8 Å². The summed E-state index contributed by atoms with van der Waals surface area (Å²) in [6.07, 6.45) is 1.63. The van der Waals surface area contributed by atoms with Gasteiger partial charge in [-0.15, -0.1) is 0 Å². The highest BCUT2D eigenvalue weighted by atomic mass is 16.2. The molecule has 17 heavy (non-hydrogen) atoms. The van der Waals surface area contributed by atoms with Gasteiger partial charge in [0.15, 0.2) is 0 Å². The molecule has 1 heterocycles. The molecule has 1 aliphatic rings. The number of carbonyl (C=O) groups excluding carboxylic acids is 2. The Morgan fingerprint density at radius 1 is 1.18 bits per heavy atom.